The number of primary amides is 1. The number of hydrogen-bond donors (Lipinski definition) is 2. The summed E-state index contributed by atoms with van der Waals surface area (Å²) in [5.74, 6) is -3.95. The van der Waals surface area contributed by atoms with Crippen molar-refractivity contribution < 1.29 is 27.2 Å². The van der Waals surface area contributed by atoms with Crippen molar-refractivity contribution in [2.24, 2.45) is 22.2 Å². The lowest BCUT2D eigenvalue weighted by Crippen LogP contribution is -2.70. The molecule has 3 heterocycles. The zero-order valence-corrected chi connectivity index (χ0v) is 19.7. The number of rotatable bonds is 4. The van der Waals surface area contributed by atoms with Crippen LogP contribution in [0.3, 0.4) is 0 Å². The lowest BCUT2D eigenvalue weighted by atomic mass is 9.62. The minimum Gasteiger partial charge on any atom is -0.371 e. The normalized spacial score (nSPS) is 23.5. The van der Waals surface area contributed by atoms with E-state index in [1.807, 2.05) is 30.3 Å². The number of fused-ring (bicyclic) bond motifs is 2. The van der Waals surface area contributed by atoms with E-state index in [0.717, 1.165) is 15.8 Å². The van der Waals surface area contributed by atoms with Crippen LogP contribution in [0.4, 0.5) is 23.2 Å². The molecule has 2 atom stereocenters. The Hall–Kier alpha value is -4.41. The average molecular weight is 523 g/mol. The van der Waals surface area contributed by atoms with Crippen LogP contribution in [0.1, 0.15) is 5.56 Å². The van der Waals surface area contributed by atoms with E-state index in [9.17, 15) is 14.0 Å². The summed E-state index contributed by atoms with van der Waals surface area (Å²) in [6.45, 7) is -0.257. The summed E-state index contributed by atoms with van der Waals surface area (Å²) in [7, 11) is 0. The fourth-order valence-corrected chi connectivity index (χ4v) is 5.71. The highest BCUT2D eigenvalue weighted by atomic mass is 19.4. The van der Waals surface area contributed by atoms with E-state index in [2.05, 4.69) is 10.4 Å². The number of carbonyl (C=O) groups is 2. The summed E-state index contributed by atoms with van der Waals surface area (Å²) >= 11 is 0. The van der Waals surface area contributed by atoms with Crippen LogP contribution in [0, 0.1) is 17.2 Å². The number of halogens is 4. The number of carbonyl (C=O) groups excluding carboxylic acids is 2. The van der Waals surface area contributed by atoms with Crippen molar-refractivity contribution in [3.05, 3.63) is 84.3 Å². The minimum atomic E-state index is -5.02. The molecule has 1 saturated heterocycles. The van der Waals surface area contributed by atoms with E-state index >= 15 is 13.2 Å². The average Bonchev–Trinajstić information content (AvgIpc) is 3.21. The van der Waals surface area contributed by atoms with Gasteiger partial charge in [-0.3, -0.25) is 14.6 Å². The van der Waals surface area contributed by atoms with Crippen LogP contribution in [0.2, 0.25) is 0 Å². The van der Waals surface area contributed by atoms with Crippen molar-refractivity contribution in [1.29, 1.82) is 0 Å². The first-order chi connectivity index (χ1) is 18.1. The van der Waals surface area contributed by atoms with Gasteiger partial charge in [-0.2, -0.15) is 18.3 Å². The molecule has 0 radical (unpaired) electrons. The number of hydrazone groups is 1. The van der Waals surface area contributed by atoms with E-state index in [4.69, 9.17) is 5.73 Å². The second-order valence-corrected chi connectivity index (χ2v) is 9.63. The molecule has 11 heteroatoms. The largest absolute Gasteiger partial charge is 0.403 e. The maximum atomic E-state index is 15.0. The summed E-state index contributed by atoms with van der Waals surface area (Å²) in [5.41, 5.74) is 2.98. The van der Waals surface area contributed by atoms with Crippen LogP contribution >= 0.6 is 0 Å². The molecule has 0 aliphatic carbocycles. The SMILES string of the molecule is NC(=O)C1=NN2C=C(c3ccc4ccccc4c3)NC(=O)C2C1(C1CN(c2ccc(F)cc2)C1)C(F)(F)F. The van der Waals surface area contributed by atoms with Gasteiger partial charge in [-0.05, 0) is 41.1 Å². The second kappa shape index (κ2) is 8.30. The van der Waals surface area contributed by atoms with Gasteiger partial charge in [0.1, 0.15) is 11.5 Å². The lowest BCUT2D eigenvalue weighted by Gasteiger charge is -2.52. The molecule has 3 aliphatic rings. The van der Waals surface area contributed by atoms with E-state index in [1.165, 1.54) is 30.5 Å². The van der Waals surface area contributed by atoms with Gasteiger partial charge in [-0.25, -0.2) is 4.39 Å². The molecule has 0 spiro atoms. The summed E-state index contributed by atoms with van der Waals surface area (Å²) in [6, 6.07) is 16.4. The van der Waals surface area contributed by atoms with Crippen molar-refractivity contribution in [1.82, 2.24) is 10.3 Å². The number of alkyl halides is 3. The number of hydrogen-bond acceptors (Lipinski definition) is 5. The Morgan fingerprint density at radius 2 is 1.71 bits per heavy atom. The Bertz CT molecular complexity index is 1530. The molecule has 194 valence electrons. The van der Waals surface area contributed by atoms with E-state index in [-0.39, 0.29) is 18.8 Å². The molecule has 1 fully saturated rings. The maximum Gasteiger partial charge on any atom is 0.403 e. The Labute approximate surface area is 214 Å². The topological polar surface area (TPSA) is 91.0 Å². The van der Waals surface area contributed by atoms with Crippen LogP contribution in [-0.2, 0) is 9.59 Å². The molecule has 0 aromatic heterocycles. The molecule has 2 unspecified atom stereocenters. The molecule has 38 heavy (non-hydrogen) atoms. The van der Waals surface area contributed by atoms with Crippen molar-refractivity contribution in [3.63, 3.8) is 0 Å². The highest BCUT2D eigenvalue weighted by molar-refractivity contribution is 6.42. The predicted molar refractivity (Wildman–Crippen MR) is 133 cm³/mol. The van der Waals surface area contributed by atoms with Gasteiger partial charge in [-0.15, -0.1) is 0 Å². The summed E-state index contributed by atoms with van der Waals surface area (Å²) < 4.78 is 58.4. The molecule has 7 nitrogen and oxygen atoms in total. The van der Waals surface area contributed by atoms with Gasteiger partial charge >= 0.3 is 6.18 Å². The van der Waals surface area contributed by atoms with E-state index < -0.39 is 46.9 Å². The van der Waals surface area contributed by atoms with Gasteiger partial charge in [0.05, 0.1) is 5.70 Å². The molecular weight excluding hydrogens is 502 g/mol. The summed E-state index contributed by atoms with van der Waals surface area (Å²) in [5, 5.41) is 9.34. The van der Waals surface area contributed by atoms with Gasteiger partial charge < -0.3 is 16.0 Å². The Morgan fingerprint density at radius 3 is 2.37 bits per heavy atom. The van der Waals surface area contributed by atoms with Crippen molar-refractivity contribution >= 4 is 39.7 Å². The van der Waals surface area contributed by atoms with Gasteiger partial charge in [0.15, 0.2) is 11.5 Å². The molecule has 2 amide bonds. The predicted octanol–water partition coefficient (Wildman–Crippen LogP) is 3.62. The zero-order valence-electron chi connectivity index (χ0n) is 19.7. The Balaban J connectivity index is 1.40. The third-order valence-corrected chi connectivity index (χ3v) is 7.55. The minimum absolute atomic E-state index is 0.129. The van der Waals surface area contributed by atoms with E-state index in [0.29, 0.717) is 11.3 Å². The van der Waals surface area contributed by atoms with E-state index in [1.54, 1.807) is 17.0 Å². The number of anilines is 1. The number of nitrogens with two attached hydrogens (primary N) is 1. The third kappa shape index (κ3) is 3.45. The zero-order chi connectivity index (χ0) is 26.8. The van der Waals surface area contributed by atoms with Crippen LogP contribution in [0.5, 0.6) is 0 Å². The highest BCUT2D eigenvalue weighted by Crippen LogP contribution is 2.56. The molecule has 6 rings (SSSR count). The maximum absolute atomic E-state index is 15.0. The molecule has 3 aliphatic heterocycles. The monoisotopic (exact) mass is 523 g/mol. The summed E-state index contributed by atoms with van der Waals surface area (Å²) in [6.07, 6.45) is -3.71. The molecule has 0 bridgehead atoms. The Kier molecular flexibility index (Phi) is 5.23. The lowest BCUT2D eigenvalue weighted by molar-refractivity contribution is -0.229. The van der Waals surface area contributed by atoms with Gasteiger partial charge in [0.25, 0.3) is 11.8 Å². The fourth-order valence-electron chi connectivity index (χ4n) is 5.71. The quantitative estimate of drug-likeness (QED) is 0.512. The van der Waals surface area contributed by atoms with Crippen LogP contribution in [0.15, 0.2) is 78.0 Å². The van der Waals surface area contributed by atoms with Gasteiger partial charge in [-0.1, -0.05) is 36.4 Å². The van der Waals surface area contributed by atoms with Crippen LogP contribution in [0.25, 0.3) is 16.5 Å². The molecular formula is C27H21F4N5O2. The number of nitrogens with one attached hydrogen (secondary N) is 1. The smallest absolute Gasteiger partial charge is 0.371 e. The van der Waals surface area contributed by atoms with Crippen LogP contribution < -0.4 is 16.0 Å². The van der Waals surface area contributed by atoms with Crippen molar-refractivity contribution in [3.8, 4) is 0 Å². The Morgan fingerprint density at radius 1 is 1.03 bits per heavy atom. The number of amides is 2. The standard InChI is InChI=1S/C27H21F4N5O2/c28-19-7-9-20(10-8-19)35-12-18(13-35)26(27(29,30)31)22(24(32)37)34-36-14-21(33-25(38)23(26)36)17-6-5-15-3-1-2-4-16(15)11-17/h1-11,14,18,23H,12-13H2,(H2,32,37)(H,33,38). The first kappa shape index (κ1) is 24.0. The van der Waals surface area contributed by atoms with Gasteiger partial charge in [0, 0.05) is 36.5 Å². The second-order valence-electron chi connectivity index (χ2n) is 9.63. The molecule has 0 saturated carbocycles. The first-order valence-corrected chi connectivity index (χ1v) is 11.9. The van der Waals surface area contributed by atoms with Crippen molar-refractivity contribution in [2.45, 2.75) is 12.2 Å². The summed E-state index contributed by atoms with van der Waals surface area (Å²) in [4.78, 5) is 27.4. The third-order valence-electron chi connectivity index (χ3n) is 7.55. The highest BCUT2D eigenvalue weighted by Gasteiger charge is 2.75. The van der Waals surface area contributed by atoms with Crippen LogP contribution in [-0.4, -0.2) is 47.8 Å². The number of nitrogens with zero attached hydrogens (tertiary/aromatic N) is 3. The molecule has 3 aromatic rings. The number of benzene rings is 3. The van der Waals surface area contributed by atoms with Gasteiger partial charge in [0.2, 0.25) is 0 Å². The molecule has 3 aromatic carbocycles. The first-order valence-electron chi connectivity index (χ1n) is 11.9. The van der Waals surface area contributed by atoms with Crippen molar-refractivity contribution in [2.75, 3.05) is 18.0 Å². The molecule has 3 N–H and O–H groups in total. The fraction of sp³-hybridized carbons (Fsp3) is 0.222.